The number of hydrogen-bond donors (Lipinski definition) is 2. The van der Waals surface area contributed by atoms with Crippen molar-refractivity contribution in [1.29, 1.82) is 0 Å². The monoisotopic (exact) mass is 367 g/mol. The van der Waals surface area contributed by atoms with Gasteiger partial charge in [-0.2, -0.15) is 5.10 Å². The number of aliphatic carboxylic acids is 1. The van der Waals surface area contributed by atoms with Crippen LogP contribution in [0, 0.1) is 5.82 Å². The van der Waals surface area contributed by atoms with E-state index in [-0.39, 0.29) is 11.7 Å². The van der Waals surface area contributed by atoms with Crippen molar-refractivity contribution in [2.45, 2.75) is 32.6 Å². The van der Waals surface area contributed by atoms with Gasteiger partial charge in [0.15, 0.2) is 0 Å². The van der Waals surface area contributed by atoms with Crippen molar-refractivity contribution in [1.82, 2.24) is 14.8 Å². The van der Waals surface area contributed by atoms with Gasteiger partial charge in [0.2, 0.25) is 0 Å². The molecule has 0 saturated carbocycles. The number of aromatic nitrogens is 3. The largest absolute Gasteiger partial charge is 0.481 e. The molecule has 0 radical (unpaired) electrons. The Morgan fingerprint density at radius 3 is 2.74 bits per heavy atom. The number of hydrogen-bond acceptors (Lipinski definition) is 2. The molecule has 4 aromatic rings. The van der Waals surface area contributed by atoms with Crippen LogP contribution in [-0.4, -0.2) is 25.8 Å². The first-order valence-corrected chi connectivity index (χ1v) is 8.64. The van der Waals surface area contributed by atoms with Gasteiger partial charge in [0, 0.05) is 31.3 Å². The molecule has 2 aromatic carbocycles. The predicted octanol–water partition coefficient (Wildman–Crippen LogP) is 4.79. The summed E-state index contributed by atoms with van der Waals surface area (Å²) in [6.45, 7) is 3.91. The van der Waals surface area contributed by atoms with Crippen molar-refractivity contribution in [2.75, 3.05) is 0 Å². The Morgan fingerprint density at radius 2 is 2.07 bits per heavy atom. The van der Waals surface area contributed by atoms with Crippen LogP contribution in [0.3, 0.4) is 0 Å². The molecule has 4 rings (SSSR count). The third-order valence-electron chi connectivity index (χ3n) is 4.63. The third-order valence-corrected chi connectivity index (χ3v) is 4.63. The number of H-pyrrole nitrogens is 1. The first-order valence-electron chi connectivity index (χ1n) is 9.79. The Morgan fingerprint density at radius 1 is 1.33 bits per heavy atom. The summed E-state index contributed by atoms with van der Waals surface area (Å²) in [6.07, 6.45) is -1.22. The van der Waals surface area contributed by atoms with Crippen LogP contribution in [0.1, 0.15) is 40.2 Å². The van der Waals surface area contributed by atoms with Gasteiger partial charge < -0.3 is 9.67 Å². The van der Waals surface area contributed by atoms with Crippen molar-refractivity contribution >= 4 is 27.8 Å². The second kappa shape index (κ2) is 6.54. The van der Waals surface area contributed by atoms with E-state index in [0.29, 0.717) is 16.6 Å². The minimum atomic E-state index is -1.63. The fourth-order valence-corrected chi connectivity index (χ4v) is 3.54. The zero-order valence-electron chi connectivity index (χ0n) is 16.9. The van der Waals surface area contributed by atoms with Gasteiger partial charge in [0.05, 0.1) is 17.2 Å². The van der Waals surface area contributed by atoms with E-state index >= 15 is 0 Å². The fraction of sp³-hybridized carbons (Fsp3) is 0.238. The number of carbonyl (C=O) groups is 1. The van der Waals surface area contributed by atoms with E-state index < -0.39 is 18.8 Å². The highest BCUT2D eigenvalue weighted by molar-refractivity contribution is 5.98. The van der Waals surface area contributed by atoms with Crippen LogP contribution < -0.4 is 0 Å². The smallest absolute Gasteiger partial charge is 0.303 e. The zero-order chi connectivity index (χ0) is 20.9. The second-order valence-corrected chi connectivity index (χ2v) is 6.76. The molecule has 0 spiro atoms. The van der Waals surface area contributed by atoms with Gasteiger partial charge in [-0.05, 0) is 54.3 Å². The maximum Gasteiger partial charge on any atom is 0.303 e. The van der Waals surface area contributed by atoms with E-state index in [0.717, 1.165) is 22.1 Å². The molecule has 2 atom stereocenters. The molecule has 0 bridgehead atoms. The summed E-state index contributed by atoms with van der Waals surface area (Å²) in [6, 6.07) is 9.79. The molecular formula is C21H20FN3O2. The lowest BCUT2D eigenvalue weighted by molar-refractivity contribution is -0.136. The molecule has 138 valence electrons. The van der Waals surface area contributed by atoms with Crippen LogP contribution in [0.5, 0.6) is 0 Å². The Bertz CT molecular complexity index is 1210. The molecule has 0 aliphatic rings. The Kier molecular flexibility index (Phi) is 3.62. The lowest BCUT2D eigenvalue weighted by atomic mass is 9.99. The van der Waals surface area contributed by atoms with Gasteiger partial charge in [-0.15, -0.1) is 0 Å². The lowest BCUT2D eigenvalue weighted by Crippen LogP contribution is -2.06. The van der Waals surface area contributed by atoms with E-state index in [1.807, 2.05) is 30.5 Å². The highest BCUT2D eigenvalue weighted by atomic mass is 19.1. The number of carboxylic acid groups (broad SMARTS) is 1. The highest BCUT2D eigenvalue weighted by Crippen LogP contribution is 2.36. The number of nitrogens with zero attached hydrogens (tertiary/aromatic N) is 2. The molecule has 5 nitrogen and oxygen atoms in total. The lowest BCUT2D eigenvalue weighted by Gasteiger charge is -2.15. The summed E-state index contributed by atoms with van der Waals surface area (Å²) < 4.78 is 32.0. The summed E-state index contributed by atoms with van der Waals surface area (Å²) in [5, 5.41) is 17.8. The molecule has 6 heteroatoms. The van der Waals surface area contributed by atoms with Gasteiger partial charge in [-0.1, -0.05) is 13.8 Å². The zero-order valence-corrected chi connectivity index (χ0v) is 14.9. The molecule has 2 unspecified atom stereocenters. The molecule has 0 saturated heterocycles. The number of aromatic amines is 1. The molecule has 27 heavy (non-hydrogen) atoms. The van der Waals surface area contributed by atoms with Crippen molar-refractivity contribution in [2.24, 2.45) is 0 Å². The minimum Gasteiger partial charge on any atom is -0.481 e. The molecule has 2 aromatic heterocycles. The number of halogens is 1. The van der Waals surface area contributed by atoms with Crippen LogP contribution in [0.2, 0.25) is 0 Å². The van der Waals surface area contributed by atoms with Gasteiger partial charge in [-0.3, -0.25) is 9.89 Å². The molecule has 2 heterocycles. The van der Waals surface area contributed by atoms with Crippen LogP contribution in [0.15, 0.2) is 42.6 Å². The van der Waals surface area contributed by atoms with Gasteiger partial charge in [0.1, 0.15) is 5.82 Å². The number of fused-ring (bicyclic) bond motifs is 2. The number of benzene rings is 2. The van der Waals surface area contributed by atoms with E-state index in [4.69, 9.17) is 2.74 Å². The Labute approximate surface area is 158 Å². The van der Waals surface area contributed by atoms with E-state index in [9.17, 15) is 14.3 Å². The van der Waals surface area contributed by atoms with Gasteiger partial charge in [0.25, 0.3) is 0 Å². The average molecular weight is 367 g/mol. The Hall–Kier alpha value is -3.15. The molecule has 0 amide bonds. The molecule has 0 aliphatic carbocycles. The van der Waals surface area contributed by atoms with Crippen LogP contribution in [0.4, 0.5) is 4.39 Å². The average Bonchev–Trinajstić information content (AvgIpc) is 3.27. The molecular weight excluding hydrogens is 345 g/mol. The van der Waals surface area contributed by atoms with Crippen molar-refractivity contribution < 1.29 is 17.0 Å². The Balaban J connectivity index is 2.13. The van der Waals surface area contributed by atoms with Gasteiger partial charge in [-0.25, -0.2) is 4.39 Å². The maximum absolute atomic E-state index is 13.5. The summed E-state index contributed by atoms with van der Waals surface area (Å²) in [5.74, 6) is -1.76. The van der Waals surface area contributed by atoms with E-state index in [1.165, 1.54) is 12.1 Å². The van der Waals surface area contributed by atoms with Crippen molar-refractivity contribution in [3.05, 3.63) is 59.7 Å². The van der Waals surface area contributed by atoms with Crippen LogP contribution in [0.25, 0.3) is 27.5 Å². The highest BCUT2D eigenvalue weighted by Gasteiger charge is 2.22. The van der Waals surface area contributed by atoms with E-state index in [2.05, 4.69) is 10.2 Å². The summed E-state index contributed by atoms with van der Waals surface area (Å²) in [7, 11) is 0. The topological polar surface area (TPSA) is 70.9 Å². The van der Waals surface area contributed by atoms with Gasteiger partial charge >= 0.3 is 5.97 Å². The molecule has 2 N–H and O–H groups in total. The molecule has 0 aliphatic heterocycles. The van der Waals surface area contributed by atoms with Crippen LogP contribution >= 0.6 is 0 Å². The summed E-state index contributed by atoms with van der Waals surface area (Å²) >= 11 is 0. The van der Waals surface area contributed by atoms with E-state index in [1.54, 1.807) is 18.3 Å². The number of rotatable bonds is 5. The summed E-state index contributed by atoms with van der Waals surface area (Å²) in [4.78, 5) is 11.4. The predicted molar refractivity (Wildman–Crippen MR) is 103 cm³/mol. The number of aryl methyl sites for hydroxylation is 1. The third kappa shape index (κ3) is 2.97. The maximum atomic E-state index is 13.5. The SMILES string of the molecule is [2H]C(C(=O)O)C([2H])c1c(C(C)C)n(-c2ccc(F)cc2)c2cc3cn[nH]c3cc12. The van der Waals surface area contributed by atoms with Crippen LogP contribution in [-0.2, 0) is 11.2 Å². The summed E-state index contributed by atoms with van der Waals surface area (Å²) in [5.41, 5.74) is 3.47. The fourth-order valence-electron chi connectivity index (χ4n) is 3.54. The second-order valence-electron chi connectivity index (χ2n) is 6.76. The number of carboxylic acids is 1. The first kappa shape index (κ1) is 15.0. The van der Waals surface area contributed by atoms with Crippen molar-refractivity contribution in [3.63, 3.8) is 0 Å². The minimum absolute atomic E-state index is 0.0623. The normalized spacial score (nSPS) is 15.1. The number of nitrogens with one attached hydrogen (secondary N) is 1. The van der Waals surface area contributed by atoms with Crippen molar-refractivity contribution in [3.8, 4) is 5.69 Å². The quantitative estimate of drug-likeness (QED) is 0.533. The standard InChI is InChI=1S/C21H20FN3O2/c1-12(2)21-16(7-8-20(26)27)17-10-18-13(11-23-24-18)9-19(17)25(21)15-5-3-14(22)4-6-15/h3-6,9-12H,7-8H2,1-2H3,(H,23,24)(H,26,27)/i7D,8D. The first-order chi connectivity index (χ1) is 13.8. The molecule has 0 fully saturated rings.